The fraction of sp³-hybridized carbons (Fsp3) is 1.00. The molecular formula is C9H21NO4P+. The van der Waals surface area contributed by atoms with Crippen molar-refractivity contribution in [3.63, 3.8) is 0 Å². The van der Waals surface area contributed by atoms with Crippen LogP contribution in [0, 0.1) is 0 Å². The molecule has 15 heavy (non-hydrogen) atoms. The van der Waals surface area contributed by atoms with Gasteiger partial charge in [-0.3, -0.25) is 4.52 Å². The van der Waals surface area contributed by atoms with E-state index in [9.17, 15) is 9.46 Å². The molecule has 1 unspecified atom stereocenters. The van der Waals surface area contributed by atoms with Gasteiger partial charge in [-0.15, -0.1) is 0 Å². The van der Waals surface area contributed by atoms with Crippen molar-refractivity contribution in [1.29, 1.82) is 0 Å². The Morgan fingerprint density at radius 3 is 2.40 bits per heavy atom. The lowest BCUT2D eigenvalue weighted by Gasteiger charge is -2.37. The van der Waals surface area contributed by atoms with Crippen LogP contribution in [0.5, 0.6) is 0 Å². The maximum atomic E-state index is 11.3. The van der Waals surface area contributed by atoms with Gasteiger partial charge < -0.3 is 9.38 Å². The van der Waals surface area contributed by atoms with Gasteiger partial charge in [-0.2, -0.15) is 0 Å². The number of hydrogen-bond donors (Lipinski definition) is 1. The topological polar surface area (TPSA) is 55.8 Å². The zero-order valence-electron chi connectivity index (χ0n) is 9.52. The second-order valence-electron chi connectivity index (χ2n) is 4.27. The number of phosphoric acid groups is 1. The Morgan fingerprint density at radius 2 is 1.87 bits per heavy atom. The van der Waals surface area contributed by atoms with E-state index in [1.807, 2.05) is 7.05 Å². The van der Waals surface area contributed by atoms with Crippen LogP contribution in [0.15, 0.2) is 0 Å². The van der Waals surface area contributed by atoms with Crippen molar-refractivity contribution in [3.05, 3.63) is 0 Å². The molecule has 0 aromatic rings. The van der Waals surface area contributed by atoms with Gasteiger partial charge in [0, 0.05) is 0 Å². The zero-order chi connectivity index (χ0) is 11.4. The largest absolute Gasteiger partial charge is 0.476 e. The van der Waals surface area contributed by atoms with E-state index in [0.717, 1.165) is 25.9 Å². The fourth-order valence-electron chi connectivity index (χ4n) is 1.82. The molecule has 1 heterocycles. The molecule has 0 spiro atoms. The SMILES string of the molecule is CCOP(=O)(O)OC[N+]1(C)CCCCC1. The Kier molecular flexibility index (Phi) is 4.74. The Bertz CT molecular complexity index is 240. The number of quaternary nitrogens is 1. The third-order valence-corrected chi connectivity index (χ3v) is 3.75. The van der Waals surface area contributed by atoms with Gasteiger partial charge in [0.15, 0.2) is 6.73 Å². The molecule has 90 valence electrons. The highest BCUT2D eigenvalue weighted by atomic mass is 31.2. The second-order valence-corrected chi connectivity index (χ2v) is 5.73. The van der Waals surface area contributed by atoms with Crippen molar-refractivity contribution in [3.8, 4) is 0 Å². The normalized spacial score (nSPS) is 24.7. The molecule has 0 radical (unpaired) electrons. The maximum Gasteiger partial charge on any atom is 0.476 e. The molecule has 1 N–H and O–H groups in total. The predicted octanol–water partition coefficient (Wildman–Crippen LogP) is 1.73. The summed E-state index contributed by atoms with van der Waals surface area (Å²) in [7, 11) is -1.77. The van der Waals surface area contributed by atoms with Crippen molar-refractivity contribution in [2.24, 2.45) is 0 Å². The highest BCUT2D eigenvalue weighted by molar-refractivity contribution is 7.47. The fourth-order valence-corrected chi connectivity index (χ4v) is 2.64. The molecule has 1 saturated heterocycles. The van der Waals surface area contributed by atoms with Gasteiger partial charge in [0.25, 0.3) is 0 Å². The lowest BCUT2D eigenvalue weighted by atomic mass is 10.1. The van der Waals surface area contributed by atoms with Crippen LogP contribution in [0.2, 0.25) is 0 Å². The van der Waals surface area contributed by atoms with Gasteiger partial charge in [-0.05, 0) is 26.2 Å². The molecule has 1 aliphatic rings. The number of phosphoric ester groups is 1. The van der Waals surface area contributed by atoms with E-state index in [0.29, 0.717) is 4.48 Å². The van der Waals surface area contributed by atoms with E-state index in [2.05, 4.69) is 4.52 Å². The van der Waals surface area contributed by atoms with Crippen LogP contribution >= 0.6 is 7.82 Å². The first-order valence-corrected chi connectivity index (χ1v) is 6.92. The van der Waals surface area contributed by atoms with Crippen LogP contribution in [0.3, 0.4) is 0 Å². The van der Waals surface area contributed by atoms with E-state index in [1.165, 1.54) is 6.42 Å². The quantitative estimate of drug-likeness (QED) is 0.585. The van der Waals surface area contributed by atoms with E-state index in [4.69, 9.17) is 4.52 Å². The minimum atomic E-state index is -3.82. The van der Waals surface area contributed by atoms with Gasteiger partial charge in [0.2, 0.25) is 0 Å². The summed E-state index contributed by atoms with van der Waals surface area (Å²) in [5.74, 6) is 0. The molecule has 0 bridgehead atoms. The molecule has 1 atom stereocenters. The summed E-state index contributed by atoms with van der Waals surface area (Å²) >= 11 is 0. The monoisotopic (exact) mass is 238 g/mol. The highest BCUT2D eigenvalue weighted by Gasteiger charge is 2.30. The Labute approximate surface area is 91.2 Å². The standard InChI is InChI=1S/C9H20NO4P/c1-3-13-15(11,12)14-9-10(2)7-5-4-6-8-10/h3-9H2,1-2H3/p+1. The number of nitrogens with zero attached hydrogens (tertiary/aromatic N) is 1. The third-order valence-electron chi connectivity index (χ3n) is 2.72. The molecule has 1 fully saturated rings. The van der Waals surface area contributed by atoms with E-state index in [-0.39, 0.29) is 13.3 Å². The first-order valence-electron chi connectivity index (χ1n) is 5.43. The average Bonchev–Trinajstić information content (AvgIpc) is 2.17. The first-order chi connectivity index (χ1) is 6.97. The van der Waals surface area contributed by atoms with E-state index >= 15 is 0 Å². The van der Waals surface area contributed by atoms with Crippen LogP contribution in [0.25, 0.3) is 0 Å². The van der Waals surface area contributed by atoms with Gasteiger partial charge in [-0.25, -0.2) is 9.09 Å². The molecule has 1 aliphatic heterocycles. The van der Waals surface area contributed by atoms with E-state index < -0.39 is 7.82 Å². The second kappa shape index (κ2) is 5.41. The van der Waals surface area contributed by atoms with Crippen molar-refractivity contribution < 1.29 is 23.0 Å². The smallest absolute Gasteiger partial charge is 0.303 e. The first kappa shape index (κ1) is 13.1. The minimum Gasteiger partial charge on any atom is -0.303 e. The van der Waals surface area contributed by atoms with Crippen LogP contribution in [-0.4, -0.2) is 42.9 Å². The Morgan fingerprint density at radius 1 is 1.27 bits per heavy atom. The van der Waals surface area contributed by atoms with Crippen molar-refractivity contribution >= 4 is 7.82 Å². The lowest BCUT2D eigenvalue weighted by molar-refractivity contribution is -0.929. The predicted molar refractivity (Wildman–Crippen MR) is 57.2 cm³/mol. The van der Waals surface area contributed by atoms with Gasteiger partial charge in [-0.1, -0.05) is 0 Å². The van der Waals surface area contributed by atoms with Crippen molar-refractivity contribution in [1.82, 2.24) is 0 Å². The summed E-state index contributed by atoms with van der Waals surface area (Å²) in [6.07, 6.45) is 3.56. The molecular weight excluding hydrogens is 217 g/mol. The summed E-state index contributed by atoms with van der Waals surface area (Å²) in [5.41, 5.74) is 0. The molecule has 0 amide bonds. The Hall–Kier alpha value is 0.0700. The van der Waals surface area contributed by atoms with Crippen LogP contribution in [0.4, 0.5) is 0 Å². The number of piperidine rings is 1. The lowest BCUT2D eigenvalue weighted by Crippen LogP contribution is -2.49. The van der Waals surface area contributed by atoms with Crippen molar-refractivity contribution in [2.75, 3.05) is 33.5 Å². The summed E-state index contributed by atoms with van der Waals surface area (Å²) in [4.78, 5) is 9.26. The van der Waals surface area contributed by atoms with Gasteiger partial charge >= 0.3 is 7.82 Å². The zero-order valence-corrected chi connectivity index (χ0v) is 10.4. The highest BCUT2D eigenvalue weighted by Crippen LogP contribution is 2.43. The number of rotatable bonds is 5. The van der Waals surface area contributed by atoms with Crippen LogP contribution < -0.4 is 0 Å². The third kappa shape index (κ3) is 4.62. The number of likely N-dealkylation sites (tertiary alicyclic amines) is 1. The molecule has 0 aliphatic carbocycles. The summed E-state index contributed by atoms with van der Waals surface area (Å²) in [6, 6.07) is 0. The summed E-state index contributed by atoms with van der Waals surface area (Å²) in [6.45, 7) is 4.13. The molecule has 0 saturated carbocycles. The molecule has 0 aromatic heterocycles. The molecule has 5 nitrogen and oxygen atoms in total. The van der Waals surface area contributed by atoms with Gasteiger partial charge in [0.1, 0.15) is 0 Å². The maximum absolute atomic E-state index is 11.3. The van der Waals surface area contributed by atoms with Crippen molar-refractivity contribution in [2.45, 2.75) is 26.2 Å². The summed E-state index contributed by atoms with van der Waals surface area (Å²) in [5, 5.41) is 0. The molecule has 1 rings (SSSR count). The van der Waals surface area contributed by atoms with Crippen LogP contribution in [0.1, 0.15) is 26.2 Å². The Balaban J connectivity index is 2.37. The number of hydrogen-bond acceptors (Lipinski definition) is 3. The molecule has 6 heteroatoms. The van der Waals surface area contributed by atoms with Gasteiger partial charge in [0.05, 0.1) is 26.7 Å². The average molecular weight is 238 g/mol. The molecule has 0 aromatic carbocycles. The minimum absolute atomic E-state index is 0.192. The van der Waals surface area contributed by atoms with Crippen LogP contribution in [-0.2, 0) is 13.6 Å². The van der Waals surface area contributed by atoms with E-state index in [1.54, 1.807) is 6.92 Å². The summed E-state index contributed by atoms with van der Waals surface area (Å²) < 4.78 is 21.6.